The second-order valence-corrected chi connectivity index (χ2v) is 3.58. The van der Waals surface area contributed by atoms with E-state index in [2.05, 4.69) is 4.98 Å². The lowest BCUT2D eigenvalue weighted by atomic mass is 9.98. The van der Waals surface area contributed by atoms with Gasteiger partial charge in [-0.25, -0.2) is 0 Å². The number of aromatic amines is 1. The van der Waals surface area contributed by atoms with Crippen molar-refractivity contribution in [2.45, 2.75) is 12.1 Å². The van der Waals surface area contributed by atoms with E-state index in [1.165, 1.54) is 6.07 Å². The summed E-state index contributed by atoms with van der Waals surface area (Å²) in [5.74, 6) is -4.76. The smallest absolute Gasteiger partial charge is 0.400 e. The SMILES string of the molecule is O=C([O-])[C@H](c1c[nH]c2ccccc12)C(F)(F)F. The average molecular weight is 242 g/mol. The standard InChI is InChI=1S/C11H8F3NO2/c12-11(13,14)9(10(16)17)7-5-15-8-4-2-1-3-6(7)8/h1-5,9,15H,(H,16,17)/p-1/t9-/m0/s1. The van der Waals surface area contributed by atoms with Crippen LogP contribution < -0.4 is 5.11 Å². The molecule has 17 heavy (non-hydrogen) atoms. The maximum Gasteiger partial charge on any atom is 0.400 e. The zero-order valence-electron chi connectivity index (χ0n) is 8.41. The first-order valence-electron chi connectivity index (χ1n) is 4.75. The minimum atomic E-state index is -4.87. The van der Waals surface area contributed by atoms with Crippen molar-refractivity contribution in [1.82, 2.24) is 4.98 Å². The number of para-hydroxylation sites is 1. The summed E-state index contributed by atoms with van der Waals surface area (Å²) in [5, 5.41) is 10.9. The highest BCUT2D eigenvalue weighted by Gasteiger charge is 2.42. The largest absolute Gasteiger partial charge is 0.549 e. The Kier molecular flexibility index (Phi) is 2.57. The molecule has 0 fully saturated rings. The van der Waals surface area contributed by atoms with Gasteiger partial charge in [0.25, 0.3) is 0 Å². The van der Waals surface area contributed by atoms with Crippen LogP contribution in [0.3, 0.4) is 0 Å². The summed E-state index contributed by atoms with van der Waals surface area (Å²) in [6, 6.07) is 6.19. The number of aromatic nitrogens is 1. The second-order valence-electron chi connectivity index (χ2n) is 3.58. The number of nitrogens with one attached hydrogen (secondary N) is 1. The number of benzene rings is 1. The predicted octanol–water partition coefficient (Wildman–Crippen LogP) is 1.56. The lowest BCUT2D eigenvalue weighted by molar-refractivity contribution is -0.318. The van der Waals surface area contributed by atoms with Gasteiger partial charge in [-0.05, 0) is 11.6 Å². The number of carboxylic acid groups (broad SMARTS) is 1. The first-order chi connectivity index (χ1) is 7.91. The van der Waals surface area contributed by atoms with Crippen molar-refractivity contribution in [1.29, 1.82) is 0 Å². The van der Waals surface area contributed by atoms with Crippen LogP contribution in [0.2, 0.25) is 0 Å². The number of carbonyl (C=O) groups is 1. The van der Waals surface area contributed by atoms with Crippen LogP contribution in [-0.4, -0.2) is 17.1 Å². The number of aliphatic carboxylic acids is 1. The molecule has 0 saturated carbocycles. The van der Waals surface area contributed by atoms with Gasteiger partial charge in [0.05, 0.1) is 5.97 Å². The summed E-state index contributed by atoms with van der Waals surface area (Å²) >= 11 is 0. The maximum atomic E-state index is 12.6. The highest BCUT2D eigenvalue weighted by atomic mass is 19.4. The molecule has 0 amide bonds. The molecule has 1 aromatic carbocycles. The molecule has 1 atom stereocenters. The van der Waals surface area contributed by atoms with Crippen molar-refractivity contribution < 1.29 is 23.1 Å². The molecule has 0 unspecified atom stereocenters. The van der Waals surface area contributed by atoms with Crippen molar-refractivity contribution in [3.8, 4) is 0 Å². The summed E-state index contributed by atoms with van der Waals surface area (Å²) in [6.07, 6.45) is -3.82. The van der Waals surface area contributed by atoms with Gasteiger partial charge in [0, 0.05) is 17.1 Å². The zero-order chi connectivity index (χ0) is 12.6. The van der Waals surface area contributed by atoms with E-state index in [0.717, 1.165) is 6.20 Å². The number of carboxylic acids is 1. The van der Waals surface area contributed by atoms with Crippen LogP contribution in [-0.2, 0) is 4.79 Å². The summed E-state index contributed by atoms with van der Waals surface area (Å²) in [6.45, 7) is 0. The lowest BCUT2D eigenvalue weighted by Crippen LogP contribution is -2.38. The van der Waals surface area contributed by atoms with Gasteiger partial charge in [-0.3, -0.25) is 0 Å². The Morgan fingerprint density at radius 3 is 2.53 bits per heavy atom. The summed E-state index contributed by atoms with van der Waals surface area (Å²) in [4.78, 5) is 13.2. The Morgan fingerprint density at radius 2 is 1.94 bits per heavy atom. The van der Waals surface area contributed by atoms with E-state index in [4.69, 9.17) is 0 Å². The Balaban J connectivity index is 2.61. The van der Waals surface area contributed by atoms with Gasteiger partial charge in [0.1, 0.15) is 5.92 Å². The van der Waals surface area contributed by atoms with Gasteiger partial charge < -0.3 is 14.9 Å². The predicted molar refractivity (Wildman–Crippen MR) is 52.1 cm³/mol. The monoisotopic (exact) mass is 242 g/mol. The zero-order valence-corrected chi connectivity index (χ0v) is 8.41. The Bertz CT molecular complexity index is 559. The lowest BCUT2D eigenvalue weighted by Gasteiger charge is -2.20. The maximum absolute atomic E-state index is 12.6. The van der Waals surface area contributed by atoms with Crippen LogP contribution in [0.1, 0.15) is 11.5 Å². The van der Waals surface area contributed by atoms with Crippen molar-refractivity contribution in [2.24, 2.45) is 0 Å². The molecule has 2 aromatic rings. The third-order valence-corrected chi connectivity index (χ3v) is 2.50. The quantitative estimate of drug-likeness (QED) is 0.868. The minimum absolute atomic E-state index is 0.235. The molecule has 0 aliphatic carbocycles. The Labute approximate surface area is 93.9 Å². The molecule has 0 aliphatic rings. The first-order valence-corrected chi connectivity index (χ1v) is 4.75. The van der Waals surface area contributed by atoms with E-state index in [0.29, 0.717) is 5.52 Å². The Morgan fingerprint density at radius 1 is 1.29 bits per heavy atom. The highest BCUT2D eigenvalue weighted by molar-refractivity contribution is 5.89. The van der Waals surface area contributed by atoms with Crippen LogP contribution >= 0.6 is 0 Å². The fraction of sp³-hybridized carbons (Fsp3) is 0.182. The van der Waals surface area contributed by atoms with Gasteiger partial charge in [-0.1, -0.05) is 18.2 Å². The summed E-state index contributed by atoms with van der Waals surface area (Å²) in [5.41, 5.74) is 0.131. The van der Waals surface area contributed by atoms with Crippen molar-refractivity contribution in [3.05, 3.63) is 36.0 Å². The summed E-state index contributed by atoms with van der Waals surface area (Å²) in [7, 11) is 0. The third-order valence-electron chi connectivity index (χ3n) is 2.50. The molecule has 0 aliphatic heterocycles. The van der Waals surface area contributed by atoms with Gasteiger partial charge >= 0.3 is 6.18 Å². The molecule has 3 nitrogen and oxygen atoms in total. The minimum Gasteiger partial charge on any atom is -0.549 e. The van der Waals surface area contributed by atoms with Crippen LogP contribution in [0, 0.1) is 0 Å². The van der Waals surface area contributed by atoms with Gasteiger partial charge in [0.15, 0.2) is 0 Å². The average Bonchev–Trinajstić information content (AvgIpc) is 2.60. The molecule has 1 aromatic heterocycles. The molecule has 1 heterocycles. The molecule has 0 saturated heterocycles. The molecule has 0 spiro atoms. The molecule has 90 valence electrons. The number of alkyl halides is 3. The van der Waals surface area contributed by atoms with E-state index >= 15 is 0 Å². The van der Waals surface area contributed by atoms with Gasteiger partial charge in [-0.2, -0.15) is 13.2 Å². The number of halogens is 3. The third kappa shape index (κ3) is 1.98. The number of H-pyrrole nitrogens is 1. The molecule has 2 rings (SSSR count). The molecular weight excluding hydrogens is 235 g/mol. The van der Waals surface area contributed by atoms with E-state index in [1.807, 2.05) is 0 Å². The fourth-order valence-electron chi connectivity index (χ4n) is 1.77. The molecule has 0 bridgehead atoms. The first kappa shape index (κ1) is 11.5. The van der Waals surface area contributed by atoms with E-state index in [9.17, 15) is 23.1 Å². The molecule has 6 heteroatoms. The van der Waals surface area contributed by atoms with E-state index in [-0.39, 0.29) is 10.9 Å². The van der Waals surface area contributed by atoms with Crippen LogP contribution in [0.4, 0.5) is 13.2 Å². The van der Waals surface area contributed by atoms with Crippen molar-refractivity contribution in [3.63, 3.8) is 0 Å². The molecule has 0 radical (unpaired) electrons. The Hall–Kier alpha value is -1.98. The number of hydrogen-bond acceptors (Lipinski definition) is 2. The van der Waals surface area contributed by atoms with Gasteiger partial charge in [0.2, 0.25) is 0 Å². The number of fused-ring (bicyclic) bond motifs is 1. The number of hydrogen-bond donors (Lipinski definition) is 1. The van der Waals surface area contributed by atoms with E-state index in [1.54, 1.807) is 18.2 Å². The van der Waals surface area contributed by atoms with Crippen LogP contribution in [0.5, 0.6) is 0 Å². The van der Waals surface area contributed by atoms with Crippen molar-refractivity contribution in [2.75, 3.05) is 0 Å². The fourth-order valence-corrected chi connectivity index (χ4v) is 1.77. The number of carbonyl (C=O) groups excluding carboxylic acids is 1. The molecular formula is C11H7F3NO2-. The van der Waals surface area contributed by atoms with Gasteiger partial charge in [-0.15, -0.1) is 0 Å². The van der Waals surface area contributed by atoms with Crippen LogP contribution in [0.15, 0.2) is 30.5 Å². The van der Waals surface area contributed by atoms with E-state index < -0.39 is 18.1 Å². The topological polar surface area (TPSA) is 55.9 Å². The van der Waals surface area contributed by atoms with Crippen molar-refractivity contribution >= 4 is 16.9 Å². The normalized spacial score (nSPS) is 13.8. The highest BCUT2D eigenvalue weighted by Crippen LogP contribution is 2.37. The number of rotatable bonds is 2. The second kappa shape index (κ2) is 3.80. The summed E-state index contributed by atoms with van der Waals surface area (Å²) < 4.78 is 37.9. The molecule has 1 N–H and O–H groups in total. The van der Waals surface area contributed by atoms with Crippen LogP contribution in [0.25, 0.3) is 10.9 Å².